The van der Waals surface area contributed by atoms with Crippen molar-refractivity contribution in [2.75, 3.05) is 6.54 Å². The molecule has 6 rings (SSSR count). The number of carboxylic acid groups (broad SMARTS) is 1. The minimum atomic E-state index is -1.80. The Morgan fingerprint density at radius 2 is 2.00 bits per heavy atom. The highest BCUT2D eigenvalue weighted by molar-refractivity contribution is 5.89. The van der Waals surface area contributed by atoms with E-state index in [1.54, 1.807) is 6.07 Å². The van der Waals surface area contributed by atoms with Crippen LogP contribution in [-0.2, 0) is 26.2 Å². The summed E-state index contributed by atoms with van der Waals surface area (Å²) in [5.41, 5.74) is 1.64. The van der Waals surface area contributed by atoms with Crippen molar-refractivity contribution in [2.45, 2.75) is 73.9 Å². The lowest BCUT2D eigenvalue weighted by Gasteiger charge is -2.54. The van der Waals surface area contributed by atoms with Crippen LogP contribution in [0.2, 0.25) is 0 Å². The average Bonchev–Trinajstić information content (AvgIpc) is 3.11. The highest BCUT2D eigenvalue weighted by Gasteiger charge is 2.65. The van der Waals surface area contributed by atoms with E-state index in [4.69, 9.17) is 14.2 Å². The van der Waals surface area contributed by atoms with E-state index >= 15 is 0 Å². The molecule has 3 aliphatic heterocycles. The Morgan fingerprint density at radius 3 is 2.78 bits per heavy atom. The number of ether oxygens (including phenoxy) is 3. The SMILES string of the molecule is O=C(O)[C@H]1OC(Oc2ccc3c4c2O[C@H]2C(=O)CC[C@H]5C(C3)NCCC425)[C@H](O)[C@@H](O)[C@@H]1O. The maximum atomic E-state index is 12.9. The second kappa shape index (κ2) is 6.88. The average molecular weight is 447 g/mol. The van der Waals surface area contributed by atoms with Gasteiger partial charge in [0.1, 0.15) is 18.3 Å². The highest BCUT2D eigenvalue weighted by atomic mass is 16.7. The molecule has 3 heterocycles. The van der Waals surface area contributed by atoms with Crippen molar-refractivity contribution in [3.8, 4) is 11.5 Å². The van der Waals surface area contributed by atoms with Crippen LogP contribution < -0.4 is 14.8 Å². The van der Waals surface area contributed by atoms with Crippen LogP contribution in [0.1, 0.15) is 30.4 Å². The topological polar surface area (TPSA) is 155 Å². The number of hydrogen-bond acceptors (Lipinski definition) is 9. The van der Waals surface area contributed by atoms with Gasteiger partial charge in [0.05, 0.1) is 0 Å². The van der Waals surface area contributed by atoms with Crippen LogP contribution in [0.3, 0.4) is 0 Å². The molecule has 1 saturated carbocycles. The van der Waals surface area contributed by atoms with E-state index in [2.05, 4.69) is 5.32 Å². The van der Waals surface area contributed by atoms with Gasteiger partial charge in [-0.25, -0.2) is 4.79 Å². The van der Waals surface area contributed by atoms with Crippen molar-refractivity contribution in [3.63, 3.8) is 0 Å². The molecule has 3 unspecified atom stereocenters. The van der Waals surface area contributed by atoms with Crippen LogP contribution in [0.25, 0.3) is 0 Å². The van der Waals surface area contributed by atoms with E-state index in [0.717, 1.165) is 36.9 Å². The number of carbonyl (C=O) groups is 2. The van der Waals surface area contributed by atoms with Gasteiger partial charge >= 0.3 is 5.97 Å². The van der Waals surface area contributed by atoms with E-state index in [1.165, 1.54) is 0 Å². The number of hydrogen-bond donors (Lipinski definition) is 5. The minimum Gasteiger partial charge on any atom is -0.479 e. The van der Waals surface area contributed by atoms with Crippen LogP contribution >= 0.6 is 0 Å². The second-order valence-electron chi connectivity index (χ2n) is 9.44. The first-order chi connectivity index (χ1) is 15.3. The summed E-state index contributed by atoms with van der Waals surface area (Å²) < 4.78 is 17.4. The first-order valence-corrected chi connectivity index (χ1v) is 11.0. The monoisotopic (exact) mass is 447 g/mol. The van der Waals surface area contributed by atoms with E-state index in [9.17, 15) is 30.0 Å². The van der Waals surface area contributed by atoms with Crippen molar-refractivity contribution < 1.29 is 44.2 Å². The van der Waals surface area contributed by atoms with E-state index in [1.807, 2.05) is 6.07 Å². The fraction of sp³-hybridized carbons (Fsp3) is 0.636. The highest BCUT2D eigenvalue weighted by Crippen LogP contribution is 2.62. The predicted molar refractivity (Wildman–Crippen MR) is 105 cm³/mol. The Bertz CT molecular complexity index is 998. The summed E-state index contributed by atoms with van der Waals surface area (Å²) in [5.74, 6) is -0.505. The molecular formula is C22H25NO9. The van der Waals surface area contributed by atoms with E-state index < -0.39 is 48.2 Å². The number of carbonyl (C=O) groups excluding carboxylic acids is 1. The van der Waals surface area contributed by atoms with Gasteiger partial charge in [0.15, 0.2) is 29.5 Å². The molecule has 0 amide bonds. The molecule has 10 nitrogen and oxygen atoms in total. The molecule has 1 aromatic rings. The van der Waals surface area contributed by atoms with Crippen LogP contribution in [-0.4, -0.2) is 81.6 Å². The quantitative estimate of drug-likeness (QED) is 0.384. The fourth-order valence-electron chi connectivity index (χ4n) is 6.60. The van der Waals surface area contributed by atoms with Gasteiger partial charge in [-0.15, -0.1) is 0 Å². The predicted octanol–water partition coefficient (Wildman–Crippen LogP) is -1.15. The number of aliphatic carboxylic acids is 1. The van der Waals surface area contributed by atoms with Crippen molar-refractivity contribution in [2.24, 2.45) is 5.92 Å². The third kappa shape index (κ3) is 2.52. The zero-order chi connectivity index (χ0) is 22.4. The molecule has 9 atom stereocenters. The van der Waals surface area contributed by atoms with Crippen LogP contribution in [0.5, 0.6) is 11.5 Å². The van der Waals surface area contributed by atoms with Crippen LogP contribution in [0, 0.1) is 5.92 Å². The number of piperidine rings is 1. The van der Waals surface area contributed by atoms with Crippen molar-refractivity contribution in [1.29, 1.82) is 0 Å². The van der Waals surface area contributed by atoms with Gasteiger partial charge in [0.2, 0.25) is 6.29 Å². The van der Waals surface area contributed by atoms with E-state index in [0.29, 0.717) is 12.2 Å². The van der Waals surface area contributed by atoms with Gasteiger partial charge in [0.25, 0.3) is 0 Å². The maximum absolute atomic E-state index is 12.9. The first-order valence-electron chi connectivity index (χ1n) is 11.0. The normalized spacial score (nSPS) is 43.9. The fourth-order valence-corrected chi connectivity index (χ4v) is 6.60. The molecule has 5 aliphatic rings. The number of rotatable bonds is 3. The number of aliphatic hydroxyl groups is 3. The Balaban J connectivity index is 1.40. The molecule has 2 bridgehead atoms. The number of nitrogens with one attached hydrogen (secondary N) is 1. The van der Waals surface area contributed by atoms with Crippen molar-refractivity contribution in [1.82, 2.24) is 5.32 Å². The number of ketones is 1. The molecule has 1 spiro atoms. The second-order valence-corrected chi connectivity index (χ2v) is 9.44. The zero-order valence-electron chi connectivity index (χ0n) is 17.1. The van der Waals surface area contributed by atoms with Crippen LogP contribution in [0.4, 0.5) is 0 Å². The van der Waals surface area contributed by atoms with Crippen molar-refractivity contribution in [3.05, 3.63) is 23.3 Å². The number of benzene rings is 1. The maximum Gasteiger partial charge on any atom is 0.335 e. The molecule has 10 heteroatoms. The summed E-state index contributed by atoms with van der Waals surface area (Å²) in [7, 11) is 0. The Kier molecular flexibility index (Phi) is 4.38. The minimum absolute atomic E-state index is 0.0651. The molecule has 172 valence electrons. The van der Waals surface area contributed by atoms with Gasteiger partial charge in [0, 0.05) is 23.4 Å². The summed E-state index contributed by atoms with van der Waals surface area (Å²) in [5, 5.41) is 43.3. The standard InChI is InChI=1S/C22H25NO9/c24-11-3-2-9-10-7-8-1-4-12(17-13(8)22(9,5-6-23-10)19(11)31-17)30-21-16(27)14(25)15(26)18(32-21)20(28)29/h1,4,9-10,14-16,18-19,21,23,25-27H,2-3,5-7H2,(H,28,29)/t9-,10?,14-,15-,16+,18-,19-,21?,22?/m0/s1. The molecule has 32 heavy (non-hydrogen) atoms. The first kappa shape index (κ1) is 20.4. The summed E-state index contributed by atoms with van der Waals surface area (Å²) >= 11 is 0. The molecule has 2 saturated heterocycles. The van der Waals surface area contributed by atoms with Crippen LogP contribution in [0.15, 0.2) is 12.1 Å². The molecule has 1 aromatic carbocycles. The Labute approximate surface area is 183 Å². The smallest absolute Gasteiger partial charge is 0.335 e. The number of Topliss-reactive ketones (excluding diaryl/α,β-unsaturated/α-hetero) is 1. The lowest BCUT2D eigenvalue weighted by molar-refractivity contribution is -0.271. The van der Waals surface area contributed by atoms with Gasteiger partial charge in [-0.05, 0) is 43.4 Å². The summed E-state index contributed by atoms with van der Waals surface area (Å²) in [4.78, 5) is 24.3. The van der Waals surface area contributed by atoms with E-state index in [-0.39, 0.29) is 23.5 Å². The van der Waals surface area contributed by atoms with Gasteiger partial charge in [-0.3, -0.25) is 4.79 Å². The number of carboxylic acids is 1. The molecule has 0 radical (unpaired) electrons. The third-order valence-corrected chi connectivity index (χ3v) is 7.96. The van der Waals surface area contributed by atoms with Gasteiger partial charge in [-0.2, -0.15) is 0 Å². The number of aliphatic hydroxyl groups excluding tert-OH is 3. The van der Waals surface area contributed by atoms with Gasteiger partial charge < -0.3 is 40.0 Å². The van der Waals surface area contributed by atoms with Crippen molar-refractivity contribution >= 4 is 11.8 Å². The molecule has 2 aliphatic carbocycles. The Hall–Kier alpha value is -2.24. The molecule has 0 aromatic heterocycles. The van der Waals surface area contributed by atoms with Gasteiger partial charge in [-0.1, -0.05) is 6.07 Å². The molecule has 5 N–H and O–H groups in total. The third-order valence-electron chi connectivity index (χ3n) is 7.96. The molecular weight excluding hydrogens is 422 g/mol. The largest absolute Gasteiger partial charge is 0.479 e. The summed E-state index contributed by atoms with van der Waals surface area (Å²) in [6.07, 6.45) is -6.30. The lowest BCUT2D eigenvalue weighted by Crippen LogP contribution is -2.65. The Morgan fingerprint density at radius 1 is 1.19 bits per heavy atom. The zero-order valence-corrected chi connectivity index (χ0v) is 17.1. The molecule has 3 fully saturated rings. The summed E-state index contributed by atoms with van der Waals surface area (Å²) in [6, 6.07) is 3.85. The lowest BCUT2D eigenvalue weighted by atomic mass is 9.52. The summed E-state index contributed by atoms with van der Waals surface area (Å²) in [6.45, 7) is 0.785.